The SMILES string of the molecule is O=C(COC(=O)c1cc(O)c2ccccc2c1O)c1ccc(Cl)s1. The Balaban J connectivity index is 1.81. The first kappa shape index (κ1) is 16.3. The minimum absolute atomic E-state index is 0.160. The number of esters is 1. The molecule has 0 bridgehead atoms. The van der Waals surface area contributed by atoms with Crippen molar-refractivity contribution in [2.75, 3.05) is 6.61 Å². The van der Waals surface area contributed by atoms with Crippen molar-refractivity contribution in [3.05, 3.63) is 57.2 Å². The molecule has 3 rings (SSSR count). The van der Waals surface area contributed by atoms with Crippen LogP contribution in [-0.4, -0.2) is 28.6 Å². The van der Waals surface area contributed by atoms with Gasteiger partial charge in [0, 0.05) is 10.8 Å². The minimum Gasteiger partial charge on any atom is -0.507 e. The van der Waals surface area contributed by atoms with Crippen LogP contribution in [0.3, 0.4) is 0 Å². The highest BCUT2D eigenvalue weighted by Crippen LogP contribution is 2.35. The van der Waals surface area contributed by atoms with Crippen molar-refractivity contribution >= 4 is 45.5 Å². The Morgan fingerprint density at radius 1 is 1.08 bits per heavy atom. The fourth-order valence-corrected chi connectivity index (χ4v) is 3.21. The third-order valence-corrected chi connectivity index (χ3v) is 4.67. The van der Waals surface area contributed by atoms with Crippen LogP contribution in [-0.2, 0) is 4.74 Å². The van der Waals surface area contributed by atoms with Gasteiger partial charge in [-0.15, -0.1) is 11.3 Å². The van der Waals surface area contributed by atoms with Gasteiger partial charge in [0.05, 0.1) is 9.21 Å². The van der Waals surface area contributed by atoms with E-state index in [0.717, 1.165) is 17.4 Å². The number of benzene rings is 2. The van der Waals surface area contributed by atoms with Gasteiger partial charge >= 0.3 is 5.97 Å². The second-order valence-corrected chi connectivity index (χ2v) is 6.66. The molecular formula is C17H11ClO5S. The second kappa shape index (κ2) is 6.51. The normalized spacial score (nSPS) is 10.7. The number of carbonyl (C=O) groups is 2. The Morgan fingerprint density at radius 2 is 1.79 bits per heavy atom. The summed E-state index contributed by atoms with van der Waals surface area (Å²) >= 11 is 6.84. The molecule has 2 N–H and O–H groups in total. The van der Waals surface area contributed by atoms with Crippen molar-refractivity contribution in [1.29, 1.82) is 0 Å². The van der Waals surface area contributed by atoms with Crippen molar-refractivity contribution in [3.8, 4) is 11.5 Å². The first-order valence-corrected chi connectivity index (χ1v) is 8.06. The first-order chi connectivity index (χ1) is 11.5. The third kappa shape index (κ3) is 3.06. The highest BCUT2D eigenvalue weighted by atomic mass is 35.5. The molecule has 0 aliphatic carbocycles. The van der Waals surface area contributed by atoms with Crippen LogP contribution in [0.25, 0.3) is 10.8 Å². The molecule has 0 saturated heterocycles. The van der Waals surface area contributed by atoms with Crippen LogP contribution in [0.1, 0.15) is 20.0 Å². The Kier molecular flexibility index (Phi) is 4.42. The van der Waals surface area contributed by atoms with Gasteiger partial charge in [-0.3, -0.25) is 4.79 Å². The summed E-state index contributed by atoms with van der Waals surface area (Å²) in [5.74, 6) is -1.76. The van der Waals surface area contributed by atoms with Gasteiger partial charge in [0.25, 0.3) is 0 Å². The van der Waals surface area contributed by atoms with Crippen molar-refractivity contribution in [1.82, 2.24) is 0 Å². The number of thiophene rings is 1. The van der Waals surface area contributed by atoms with Crippen LogP contribution in [0, 0.1) is 0 Å². The van der Waals surface area contributed by atoms with Crippen molar-refractivity contribution < 1.29 is 24.5 Å². The maximum absolute atomic E-state index is 12.1. The Morgan fingerprint density at radius 3 is 2.46 bits per heavy atom. The largest absolute Gasteiger partial charge is 0.507 e. The summed E-state index contributed by atoms with van der Waals surface area (Å²) in [6.07, 6.45) is 0. The van der Waals surface area contributed by atoms with Gasteiger partial charge in [0.1, 0.15) is 17.1 Å². The number of phenols is 2. The number of ketones is 1. The topological polar surface area (TPSA) is 83.8 Å². The van der Waals surface area contributed by atoms with Gasteiger partial charge in [-0.2, -0.15) is 0 Å². The number of Topliss-reactive ketones (excluding diaryl/α,β-unsaturated/α-hetero) is 1. The molecular weight excluding hydrogens is 352 g/mol. The van der Waals surface area contributed by atoms with E-state index in [1.807, 2.05) is 0 Å². The number of hydrogen-bond donors (Lipinski definition) is 2. The van der Waals surface area contributed by atoms with Crippen LogP contribution >= 0.6 is 22.9 Å². The molecule has 0 spiro atoms. The lowest BCUT2D eigenvalue weighted by molar-refractivity contribution is 0.0473. The summed E-state index contributed by atoms with van der Waals surface area (Å²) in [4.78, 5) is 24.4. The second-order valence-electron chi connectivity index (χ2n) is 4.94. The number of carbonyl (C=O) groups excluding carboxylic acids is 2. The lowest BCUT2D eigenvalue weighted by Gasteiger charge is -2.09. The van der Waals surface area contributed by atoms with Crippen LogP contribution < -0.4 is 0 Å². The van der Waals surface area contributed by atoms with E-state index in [2.05, 4.69) is 0 Å². The van der Waals surface area contributed by atoms with Gasteiger partial charge in [-0.1, -0.05) is 35.9 Å². The zero-order chi connectivity index (χ0) is 17.3. The highest BCUT2D eigenvalue weighted by molar-refractivity contribution is 7.18. The molecule has 0 saturated carbocycles. The average Bonchev–Trinajstić information content (AvgIpc) is 3.02. The molecule has 0 atom stereocenters. The molecule has 0 radical (unpaired) electrons. The van der Waals surface area contributed by atoms with Crippen LogP contribution in [0.4, 0.5) is 0 Å². The lowest BCUT2D eigenvalue weighted by Crippen LogP contribution is -2.13. The van der Waals surface area contributed by atoms with E-state index < -0.39 is 18.4 Å². The van der Waals surface area contributed by atoms with E-state index in [-0.39, 0.29) is 17.1 Å². The standard InChI is InChI=1S/C17H11ClO5S/c18-15-6-5-14(24-15)13(20)8-23-17(22)11-7-12(19)9-3-1-2-4-10(9)16(11)21/h1-7,19,21H,8H2. The number of hydrogen-bond acceptors (Lipinski definition) is 6. The van der Waals surface area contributed by atoms with E-state index >= 15 is 0 Å². The maximum Gasteiger partial charge on any atom is 0.342 e. The fraction of sp³-hybridized carbons (Fsp3) is 0.0588. The lowest BCUT2D eigenvalue weighted by atomic mass is 10.0. The van der Waals surface area contributed by atoms with Crippen molar-refractivity contribution in [2.45, 2.75) is 0 Å². The molecule has 7 heteroatoms. The molecule has 24 heavy (non-hydrogen) atoms. The van der Waals surface area contributed by atoms with Crippen molar-refractivity contribution in [3.63, 3.8) is 0 Å². The zero-order valence-electron chi connectivity index (χ0n) is 12.2. The molecule has 1 heterocycles. The molecule has 3 aromatic rings. The predicted octanol–water partition coefficient (Wildman–Crippen LogP) is 4.01. The number of phenolic OH excluding ortho intramolecular Hbond substituents is 2. The number of aromatic hydroxyl groups is 2. The van der Waals surface area contributed by atoms with Gasteiger partial charge < -0.3 is 14.9 Å². The van der Waals surface area contributed by atoms with E-state index in [1.165, 1.54) is 0 Å². The molecule has 2 aromatic carbocycles. The van der Waals surface area contributed by atoms with E-state index in [1.54, 1.807) is 36.4 Å². The fourth-order valence-electron chi connectivity index (χ4n) is 2.24. The minimum atomic E-state index is -0.899. The summed E-state index contributed by atoms with van der Waals surface area (Å²) in [5, 5.41) is 20.9. The van der Waals surface area contributed by atoms with Gasteiger partial charge in [-0.05, 0) is 18.2 Å². The molecule has 0 amide bonds. The number of rotatable bonds is 4. The summed E-state index contributed by atoms with van der Waals surface area (Å²) in [6, 6.07) is 10.8. The molecule has 1 aromatic heterocycles. The monoisotopic (exact) mass is 362 g/mol. The van der Waals surface area contributed by atoms with Gasteiger partial charge in [0.15, 0.2) is 6.61 Å². The molecule has 122 valence electrons. The Bertz CT molecular complexity index is 947. The Hall–Kier alpha value is -2.57. The molecule has 0 fully saturated rings. The van der Waals surface area contributed by atoms with Crippen LogP contribution in [0.2, 0.25) is 4.34 Å². The van der Waals surface area contributed by atoms with E-state index in [9.17, 15) is 19.8 Å². The maximum atomic E-state index is 12.1. The average molecular weight is 363 g/mol. The van der Waals surface area contributed by atoms with Crippen molar-refractivity contribution in [2.24, 2.45) is 0 Å². The van der Waals surface area contributed by atoms with Gasteiger partial charge in [-0.25, -0.2) is 4.79 Å². The molecule has 0 aliphatic rings. The van der Waals surface area contributed by atoms with E-state index in [4.69, 9.17) is 16.3 Å². The third-order valence-electron chi connectivity index (χ3n) is 3.40. The summed E-state index contributed by atoms with van der Waals surface area (Å²) in [7, 11) is 0. The van der Waals surface area contributed by atoms with Crippen LogP contribution in [0.15, 0.2) is 42.5 Å². The quantitative estimate of drug-likeness (QED) is 0.416. The van der Waals surface area contributed by atoms with Crippen LogP contribution in [0.5, 0.6) is 11.5 Å². The molecule has 5 nitrogen and oxygen atoms in total. The first-order valence-electron chi connectivity index (χ1n) is 6.86. The smallest absolute Gasteiger partial charge is 0.342 e. The van der Waals surface area contributed by atoms with E-state index in [0.29, 0.717) is 20.0 Å². The number of fused-ring (bicyclic) bond motifs is 1. The zero-order valence-corrected chi connectivity index (χ0v) is 13.7. The highest BCUT2D eigenvalue weighted by Gasteiger charge is 2.19. The molecule has 0 aliphatic heterocycles. The number of halogens is 1. The summed E-state index contributed by atoms with van der Waals surface area (Å²) in [5.41, 5.74) is -0.205. The molecule has 0 unspecified atom stereocenters. The predicted molar refractivity (Wildman–Crippen MR) is 91.2 cm³/mol. The summed E-state index contributed by atoms with van der Waals surface area (Å²) < 4.78 is 5.40. The van der Waals surface area contributed by atoms with Gasteiger partial charge in [0.2, 0.25) is 5.78 Å². The summed E-state index contributed by atoms with van der Waals surface area (Å²) in [6.45, 7) is -0.483. The number of ether oxygens (including phenoxy) is 1. The Labute approximate surface area is 145 Å².